The first-order chi connectivity index (χ1) is 12.8. The van der Waals surface area contributed by atoms with Gasteiger partial charge < -0.3 is 15.0 Å². The van der Waals surface area contributed by atoms with Gasteiger partial charge in [0.2, 0.25) is 0 Å². The van der Waals surface area contributed by atoms with E-state index >= 15 is 0 Å². The van der Waals surface area contributed by atoms with E-state index in [1.165, 1.54) is 12.1 Å². The average molecular weight is 391 g/mol. The molecule has 8 nitrogen and oxygen atoms in total. The lowest BCUT2D eigenvalue weighted by Crippen LogP contribution is -2.36. The Morgan fingerprint density at radius 3 is 2.41 bits per heavy atom. The molecule has 0 aromatic heterocycles. The second-order valence-electron chi connectivity index (χ2n) is 6.33. The Labute approximate surface area is 157 Å². The second kappa shape index (κ2) is 7.93. The highest BCUT2D eigenvalue weighted by Crippen LogP contribution is 2.27. The predicted molar refractivity (Wildman–Crippen MR) is 103 cm³/mol. The lowest BCUT2D eigenvalue weighted by molar-refractivity contribution is -0.385. The zero-order chi connectivity index (χ0) is 19.4. The molecule has 1 saturated heterocycles. The number of anilines is 2. The Bertz CT molecular complexity index is 923. The van der Waals surface area contributed by atoms with E-state index in [0.717, 1.165) is 49.9 Å². The molecule has 0 amide bonds. The third-order valence-electron chi connectivity index (χ3n) is 4.37. The van der Waals surface area contributed by atoms with Crippen LogP contribution in [0.2, 0.25) is 0 Å². The minimum Gasteiger partial charge on any atom is -0.380 e. The van der Waals surface area contributed by atoms with Crippen molar-refractivity contribution in [1.82, 2.24) is 0 Å². The zero-order valence-electron chi connectivity index (χ0n) is 14.9. The second-order valence-corrected chi connectivity index (χ2v) is 8.31. The number of nitrogens with zero attached hydrogens (tertiary/aromatic N) is 2. The molecule has 1 N–H and O–H groups in total. The number of sulfone groups is 1. The molecule has 0 saturated carbocycles. The number of non-ortho nitro benzene ring substituents is 1. The fourth-order valence-corrected chi connectivity index (χ4v) is 3.80. The molecule has 0 spiro atoms. The predicted octanol–water partition coefficient (Wildman–Crippen LogP) is 2.45. The van der Waals surface area contributed by atoms with Crippen molar-refractivity contribution in [1.29, 1.82) is 0 Å². The van der Waals surface area contributed by atoms with Gasteiger partial charge in [-0.3, -0.25) is 10.1 Å². The summed E-state index contributed by atoms with van der Waals surface area (Å²) in [7, 11) is -3.60. The van der Waals surface area contributed by atoms with E-state index in [1.54, 1.807) is 0 Å². The quantitative estimate of drug-likeness (QED) is 0.596. The molecule has 0 unspecified atom stereocenters. The summed E-state index contributed by atoms with van der Waals surface area (Å²) in [4.78, 5) is 12.5. The molecule has 3 rings (SSSR count). The van der Waals surface area contributed by atoms with E-state index in [0.29, 0.717) is 12.2 Å². The van der Waals surface area contributed by atoms with Crippen LogP contribution in [0.25, 0.3) is 0 Å². The summed E-state index contributed by atoms with van der Waals surface area (Å²) in [5.74, 6) is 0. The molecule has 0 aliphatic carbocycles. The summed E-state index contributed by atoms with van der Waals surface area (Å²) < 4.78 is 29.3. The van der Waals surface area contributed by atoms with Gasteiger partial charge in [0.1, 0.15) is 0 Å². The van der Waals surface area contributed by atoms with E-state index in [4.69, 9.17) is 4.74 Å². The van der Waals surface area contributed by atoms with Crippen molar-refractivity contribution in [2.75, 3.05) is 42.8 Å². The highest BCUT2D eigenvalue weighted by Gasteiger charge is 2.18. The number of hydrogen-bond acceptors (Lipinski definition) is 7. The number of ether oxygens (including phenoxy) is 1. The molecule has 0 bridgehead atoms. The third kappa shape index (κ3) is 4.75. The van der Waals surface area contributed by atoms with Gasteiger partial charge in [-0.25, -0.2) is 8.42 Å². The van der Waals surface area contributed by atoms with E-state index < -0.39 is 14.8 Å². The number of benzene rings is 2. The van der Waals surface area contributed by atoms with Crippen LogP contribution in [0.5, 0.6) is 0 Å². The number of nitrogens with one attached hydrogen (secondary N) is 1. The van der Waals surface area contributed by atoms with Gasteiger partial charge in [0.25, 0.3) is 5.69 Å². The van der Waals surface area contributed by atoms with Gasteiger partial charge in [0.05, 0.1) is 28.7 Å². The maximum Gasteiger partial charge on any atom is 0.270 e. The topological polar surface area (TPSA) is 102 Å². The fourth-order valence-electron chi connectivity index (χ4n) is 2.92. The van der Waals surface area contributed by atoms with Gasteiger partial charge in [-0.05, 0) is 23.8 Å². The summed E-state index contributed by atoms with van der Waals surface area (Å²) in [6.45, 7) is 3.56. The van der Waals surface area contributed by atoms with E-state index in [-0.39, 0.29) is 10.6 Å². The maximum absolute atomic E-state index is 12.0. The first kappa shape index (κ1) is 19.1. The van der Waals surface area contributed by atoms with E-state index in [1.807, 2.05) is 24.3 Å². The van der Waals surface area contributed by atoms with Gasteiger partial charge in [-0.15, -0.1) is 0 Å². The Balaban J connectivity index is 1.73. The van der Waals surface area contributed by atoms with Crippen LogP contribution >= 0.6 is 0 Å². The summed E-state index contributed by atoms with van der Waals surface area (Å²) in [6.07, 6.45) is 1.04. The molecule has 0 atom stereocenters. The normalized spacial score (nSPS) is 14.8. The van der Waals surface area contributed by atoms with Crippen molar-refractivity contribution in [3.8, 4) is 0 Å². The molecule has 1 aliphatic rings. The lowest BCUT2D eigenvalue weighted by atomic mass is 10.2. The maximum atomic E-state index is 12.0. The molecule has 27 heavy (non-hydrogen) atoms. The Hall–Kier alpha value is -2.65. The molecule has 144 valence electrons. The lowest BCUT2D eigenvalue weighted by Gasteiger charge is -2.28. The molecular formula is C18H21N3O5S. The van der Waals surface area contributed by atoms with Crippen LogP contribution in [-0.2, 0) is 21.1 Å². The molecule has 0 radical (unpaired) electrons. The monoisotopic (exact) mass is 391 g/mol. The Morgan fingerprint density at radius 2 is 1.81 bits per heavy atom. The van der Waals surface area contributed by atoms with Gasteiger partial charge in [-0.1, -0.05) is 12.1 Å². The van der Waals surface area contributed by atoms with E-state index in [2.05, 4.69) is 10.2 Å². The van der Waals surface area contributed by atoms with Gasteiger partial charge in [-0.2, -0.15) is 0 Å². The van der Waals surface area contributed by atoms with Crippen molar-refractivity contribution in [3.63, 3.8) is 0 Å². The van der Waals surface area contributed by atoms with Crippen LogP contribution in [0, 0.1) is 10.1 Å². The molecule has 9 heteroatoms. The highest BCUT2D eigenvalue weighted by atomic mass is 32.2. The smallest absolute Gasteiger partial charge is 0.270 e. The summed E-state index contributed by atoms with van der Waals surface area (Å²) in [5.41, 5.74) is 2.19. The minimum atomic E-state index is -3.60. The minimum absolute atomic E-state index is 0.0818. The van der Waals surface area contributed by atoms with Crippen LogP contribution in [0.15, 0.2) is 47.4 Å². The standard InChI is InChI=1S/C18H21N3O5S/c1-27(24,25)18-12-16(21(22)23)6-7-17(18)19-13-14-2-4-15(5-3-14)20-8-10-26-11-9-20/h2-7,12,19H,8-11,13H2,1H3. The van der Waals surface area contributed by atoms with Gasteiger partial charge >= 0.3 is 0 Å². The van der Waals surface area contributed by atoms with Crippen LogP contribution in [-0.4, -0.2) is 45.9 Å². The van der Waals surface area contributed by atoms with Crippen molar-refractivity contribution in [2.24, 2.45) is 0 Å². The molecule has 2 aromatic rings. The number of nitro groups is 1. The van der Waals surface area contributed by atoms with Crippen LogP contribution < -0.4 is 10.2 Å². The first-order valence-corrected chi connectivity index (χ1v) is 10.4. The van der Waals surface area contributed by atoms with Gasteiger partial charge in [0, 0.05) is 43.7 Å². The molecule has 1 aliphatic heterocycles. The van der Waals surface area contributed by atoms with E-state index in [9.17, 15) is 18.5 Å². The van der Waals surface area contributed by atoms with Crippen molar-refractivity contribution >= 4 is 26.9 Å². The van der Waals surface area contributed by atoms with Crippen LogP contribution in [0.3, 0.4) is 0 Å². The van der Waals surface area contributed by atoms with Crippen molar-refractivity contribution in [2.45, 2.75) is 11.4 Å². The fraction of sp³-hybridized carbons (Fsp3) is 0.333. The molecule has 1 fully saturated rings. The number of morpholine rings is 1. The van der Waals surface area contributed by atoms with Crippen molar-refractivity contribution < 1.29 is 18.1 Å². The SMILES string of the molecule is CS(=O)(=O)c1cc([N+](=O)[O-])ccc1NCc1ccc(N2CCOCC2)cc1. The average Bonchev–Trinajstić information content (AvgIpc) is 2.66. The van der Waals surface area contributed by atoms with Crippen LogP contribution in [0.4, 0.5) is 17.1 Å². The summed E-state index contributed by atoms with van der Waals surface area (Å²) >= 11 is 0. The summed E-state index contributed by atoms with van der Waals surface area (Å²) in [5, 5.41) is 14.0. The first-order valence-electron chi connectivity index (χ1n) is 8.48. The van der Waals surface area contributed by atoms with Crippen LogP contribution in [0.1, 0.15) is 5.56 Å². The zero-order valence-corrected chi connectivity index (χ0v) is 15.7. The number of hydrogen-bond donors (Lipinski definition) is 1. The van der Waals surface area contributed by atoms with Crippen molar-refractivity contribution in [3.05, 3.63) is 58.1 Å². The molecular weight excluding hydrogens is 370 g/mol. The highest BCUT2D eigenvalue weighted by molar-refractivity contribution is 7.90. The van der Waals surface area contributed by atoms with Gasteiger partial charge in [0.15, 0.2) is 9.84 Å². The number of rotatable bonds is 6. The summed E-state index contributed by atoms with van der Waals surface area (Å²) in [6, 6.07) is 11.8. The Kier molecular flexibility index (Phi) is 5.62. The Morgan fingerprint density at radius 1 is 1.15 bits per heavy atom. The third-order valence-corrected chi connectivity index (χ3v) is 5.51. The molecule has 2 aromatic carbocycles. The molecule has 1 heterocycles. The number of nitro benzene ring substituents is 1. The largest absolute Gasteiger partial charge is 0.380 e.